The highest BCUT2D eigenvalue weighted by molar-refractivity contribution is 5.54. The number of hydrogen-bond donors (Lipinski definition) is 1. The zero-order valence-corrected chi connectivity index (χ0v) is 6.08. The second-order valence-electron chi connectivity index (χ2n) is 3.11. The molecule has 0 aromatic carbocycles. The highest BCUT2D eigenvalue weighted by Gasteiger charge is 2.24. The van der Waals surface area contributed by atoms with Gasteiger partial charge in [0.25, 0.3) is 0 Å². The maximum Gasteiger partial charge on any atom is 0.0940 e. The molecule has 3 nitrogen and oxygen atoms in total. The second-order valence-corrected chi connectivity index (χ2v) is 3.11. The van der Waals surface area contributed by atoms with Gasteiger partial charge in [0.15, 0.2) is 0 Å². The lowest BCUT2D eigenvalue weighted by molar-refractivity contribution is 0.257. The van der Waals surface area contributed by atoms with E-state index in [0.29, 0.717) is 0 Å². The zero-order valence-electron chi connectivity index (χ0n) is 6.08. The fourth-order valence-corrected chi connectivity index (χ4v) is 1.23. The van der Waals surface area contributed by atoms with E-state index in [9.17, 15) is 0 Å². The molecular formula is C7H13N3. The van der Waals surface area contributed by atoms with Gasteiger partial charge in [0.1, 0.15) is 0 Å². The first-order chi connectivity index (χ1) is 4.95. The number of hydrogen-bond acceptors (Lipinski definition) is 3. The Morgan fingerprint density at radius 1 is 1.60 bits per heavy atom. The van der Waals surface area contributed by atoms with E-state index in [1.807, 2.05) is 0 Å². The van der Waals surface area contributed by atoms with Crippen molar-refractivity contribution in [3.63, 3.8) is 0 Å². The van der Waals surface area contributed by atoms with E-state index in [1.165, 1.54) is 19.4 Å². The molecule has 0 unspecified atom stereocenters. The van der Waals surface area contributed by atoms with Gasteiger partial charge in [-0.05, 0) is 18.8 Å². The minimum absolute atomic E-state index is 0.892. The Kier molecular flexibility index (Phi) is 1.59. The Hall–Kier alpha value is -0.570. The van der Waals surface area contributed by atoms with Crippen LogP contribution in [0, 0.1) is 5.92 Å². The largest absolute Gasteiger partial charge is 0.364 e. The van der Waals surface area contributed by atoms with Gasteiger partial charge in [0.2, 0.25) is 0 Å². The van der Waals surface area contributed by atoms with Gasteiger partial charge in [0, 0.05) is 6.54 Å². The zero-order chi connectivity index (χ0) is 6.81. The van der Waals surface area contributed by atoms with Crippen molar-refractivity contribution in [1.29, 1.82) is 0 Å². The lowest BCUT2D eigenvalue weighted by Crippen LogP contribution is -2.38. The van der Waals surface area contributed by atoms with Gasteiger partial charge in [-0.1, -0.05) is 0 Å². The standard InChI is InChI=1S/C7H13N3/c1-2-7(1)3-10-5-8-4-9-6-10/h4,7H,1-3,5-6H2,(H,8,9). The van der Waals surface area contributed by atoms with E-state index in [2.05, 4.69) is 15.2 Å². The molecule has 0 saturated heterocycles. The summed E-state index contributed by atoms with van der Waals surface area (Å²) in [5.41, 5.74) is 0. The fourth-order valence-electron chi connectivity index (χ4n) is 1.23. The number of rotatable bonds is 2. The van der Waals surface area contributed by atoms with Gasteiger partial charge in [-0.3, -0.25) is 9.89 Å². The van der Waals surface area contributed by atoms with Crippen molar-refractivity contribution >= 4 is 6.34 Å². The molecule has 3 heteroatoms. The summed E-state index contributed by atoms with van der Waals surface area (Å²) in [6.45, 7) is 3.12. The molecule has 1 N–H and O–H groups in total. The normalized spacial score (nSPS) is 26.4. The Balaban J connectivity index is 1.75. The van der Waals surface area contributed by atoms with E-state index in [1.54, 1.807) is 6.34 Å². The van der Waals surface area contributed by atoms with Crippen molar-refractivity contribution < 1.29 is 0 Å². The lowest BCUT2D eigenvalue weighted by Gasteiger charge is -2.22. The molecule has 0 aromatic heterocycles. The molecule has 1 aliphatic carbocycles. The molecule has 0 bridgehead atoms. The maximum atomic E-state index is 4.13. The molecule has 56 valence electrons. The molecule has 1 saturated carbocycles. The van der Waals surface area contributed by atoms with E-state index in [4.69, 9.17) is 0 Å². The SMILES string of the molecule is C1=NCN(CC2CC2)CN1. The summed E-state index contributed by atoms with van der Waals surface area (Å²) in [5, 5.41) is 3.10. The number of aliphatic imine (C=N–C) groups is 1. The highest BCUT2D eigenvalue weighted by atomic mass is 15.3. The quantitative estimate of drug-likeness (QED) is 0.593. The minimum atomic E-state index is 0.892. The first-order valence-electron chi connectivity index (χ1n) is 3.89. The van der Waals surface area contributed by atoms with E-state index in [0.717, 1.165) is 19.3 Å². The number of nitrogens with one attached hydrogen (secondary N) is 1. The van der Waals surface area contributed by atoms with E-state index >= 15 is 0 Å². The molecule has 1 aliphatic heterocycles. The predicted molar refractivity (Wildman–Crippen MR) is 40.8 cm³/mol. The molecule has 1 fully saturated rings. The Bertz CT molecular complexity index is 140. The molecular weight excluding hydrogens is 126 g/mol. The molecule has 0 aromatic rings. The van der Waals surface area contributed by atoms with Crippen LogP contribution in [0.2, 0.25) is 0 Å². The van der Waals surface area contributed by atoms with Crippen LogP contribution in [-0.4, -0.2) is 31.1 Å². The third-order valence-electron chi connectivity index (χ3n) is 1.99. The van der Waals surface area contributed by atoms with Crippen LogP contribution >= 0.6 is 0 Å². The van der Waals surface area contributed by atoms with Crippen molar-refractivity contribution in [2.24, 2.45) is 10.9 Å². The first kappa shape index (κ1) is 6.16. The smallest absolute Gasteiger partial charge is 0.0940 e. The first-order valence-corrected chi connectivity index (χ1v) is 3.89. The Labute approximate surface area is 61.1 Å². The van der Waals surface area contributed by atoms with Crippen LogP contribution in [0.3, 0.4) is 0 Å². The summed E-state index contributed by atoms with van der Waals surface area (Å²) < 4.78 is 0. The predicted octanol–water partition coefficient (Wildman–Crippen LogP) is 0.245. The van der Waals surface area contributed by atoms with Crippen LogP contribution in [0.4, 0.5) is 0 Å². The molecule has 0 amide bonds. The maximum absolute atomic E-state index is 4.13. The fraction of sp³-hybridized carbons (Fsp3) is 0.857. The van der Waals surface area contributed by atoms with Crippen LogP contribution < -0.4 is 5.32 Å². The number of nitrogens with zero attached hydrogens (tertiary/aromatic N) is 2. The molecule has 2 rings (SSSR count). The minimum Gasteiger partial charge on any atom is -0.364 e. The molecule has 0 spiro atoms. The van der Waals surface area contributed by atoms with Crippen LogP contribution in [-0.2, 0) is 0 Å². The van der Waals surface area contributed by atoms with E-state index < -0.39 is 0 Å². The average Bonchev–Trinajstić information content (AvgIpc) is 2.74. The Morgan fingerprint density at radius 2 is 2.50 bits per heavy atom. The molecule has 10 heavy (non-hydrogen) atoms. The van der Waals surface area contributed by atoms with Crippen molar-refractivity contribution in [2.75, 3.05) is 19.9 Å². The van der Waals surface area contributed by atoms with Crippen LogP contribution in [0.1, 0.15) is 12.8 Å². The summed E-state index contributed by atoms with van der Waals surface area (Å²) in [4.78, 5) is 6.47. The summed E-state index contributed by atoms with van der Waals surface area (Å²) >= 11 is 0. The van der Waals surface area contributed by atoms with Gasteiger partial charge in [-0.2, -0.15) is 0 Å². The average molecular weight is 139 g/mol. The summed E-state index contributed by atoms with van der Waals surface area (Å²) in [5.74, 6) is 0.982. The topological polar surface area (TPSA) is 27.6 Å². The molecule has 0 atom stereocenters. The van der Waals surface area contributed by atoms with Crippen molar-refractivity contribution in [3.8, 4) is 0 Å². The van der Waals surface area contributed by atoms with Gasteiger partial charge in [-0.15, -0.1) is 0 Å². The molecule has 0 radical (unpaired) electrons. The van der Waals surface area contributed by atoms with Gasteiger partial charge < -0.3 is 5.32 Å². The van der Waals surface area contributed by atoms with E-state index in [-0.39, 0.29) is 0 Å². The second kappa shape index (κ2) is 2.58. The van der Waals surface area contributed by atoms with Crippen molar-refractivity contribution in [3.05, 3.63) is 0 Å². The summed E-state index contributed by atoms with van der Waals surface area (Å²) in [6, 6.07) is 0. The summed E-state index contributed by atoms with van der Waals surface area (Å²) in [6.07, 6.45) is 4.66. The van der Waals surface area contributed by atoms with Crippen LogP contribution in [0.25, 0.3) is 0 Å². The molecule has 1 heterocycles. The van der Waals surface area contributed by atoms with Crippen molar-refractivity contribution in [2.45, 2.75) is 12.8 Å². The third kappa shape index (κ3) is 1.48. The van der Waals surface area contributed by atoms with Gasteiger partial charge >= 0.3 is 0 Å². The molecule has 2 aliphatic rings. The highest BCUT2D eigenvalue weighted by Crippen LogP contribution is 2.29. The van der Waals surface area contributed by atoms with Crippen molar-refractivity contribution in [1.82, 2.24) is 10.2 Å². The Morgan fingerprint density at radius 3 is 3.10 bits per heavy atom. The van der Waals surface area contributed by atoms with Gasteiger partial charge in [0.05, 0.1) is 19.7 Å². The van der Waals surface area contributed by atoms with Crippen LogP contribution in [0.5, 0.6) is 0 Å². The van der Waals surface area contributed by atoms with Gasteiger partial charge in [-0.25, -0.2) is 0 Å². The lowest BCUT2D eigenvalue weighted by atomic mass is 10.4. The monoisotopic (exact) mass is 139 g/mol. The van der Waals surface area contributed by atoms with Crippen LogP contribution in [0.15, 0.2) is 4.99 Å². The summed E-state index contributed by atoms with van der Waals surface area (Å²) in [7, 11) is 0. The third-order valence-corrected chi connectivity index (χ3v) is 1.99.